The van der Waals surface area contributed by atoms with Gasteiger partial charge in [0, 0.05) is 37.9 Å². The Labute approximate surface area is 242 Å². The molecule has 1 heterocycles. The van der Waals surface area contributed by atoms with Crippen molar-refractivity contribution in [2.75, 3.05) is 42.5 Å². The van der Waals surface area contributed by atoms with Crippen LogP contribution >= 0.6 is 0 Å². The van der Waals surface area contributed by atoms with E-state index in [9.17, 15) is 31.8 Å². The first-order chi connectivity index (χ1) is 19.4. The number of aromatic hydroxyl groups is 1. The number of anilines is 2. The molecular formula is C27H41N5O7S2. The molecule has 1 aliphatic rings. The first-order valence-corrected chi connectivity index (χ1v) is 17.1. The molecule has 2 amide bonds. The van der Waals surface area contributed by atoms with Crippen LogP contribution in [0.5, 0.6) is 5.75 Å². The van der Waals surface area contributed by atoms with Crippen LogP contribution < -0.4 is 20.7 Å². The highest BCUT2D eigenvalue weighted by atomic mass is 32.2. The molecule has 2 aromatic carbocycles. The standard InChI is InChI=1S/C27H41N5O7S2/c1-3-4-5-6-15-28-27(35)30-22-8-10-23(11-9-22)41(38,39)32-16-13-21(14-17-32)29-19-26(34)20-7-12-25(33)24(18-20)31-40(2,36)37/h7-12,18,21,26,29,31,33-34H,3-6,13-17,19H2,1-2H3,(H2,28,30,35). The maximum Gasteiger partial charge on any atom is 0.319 e. The molecule has 0 spiro atoms. The van der Waals surface area contributed by atoms with E-state index in [0.29, 0.717) is 43.7 Å². The average molecular weight is 612 g/mol. The van der Waals surface area contributed by atoms with E-state index in [1.807, 2.05) is 0 Å². The van der Waals surface area contributed by atoms with E-state index in [1.54, 1.807) is 12.1 Å². The molecule has 2 aromatic rings. The highest BCUT2D eigenvalue weighted by molar-refractivity contribution is 7.92. The van der Waals surface area contributed by atoms with Gasteiger partial charge in [0.15, 0.2) is 0 Å². The lowest BCUT2D eigenvalue weighted by Crippen LogP contribution is -2.45. The fourth-order valence-electron chi connectivity index (χ4n) is 4.53. The number of piperidine rings is 1. The number of benzene rings is 2. The monoisotopic (exact) mass is 611 g/mol. The highest BCUT2D eigenvalue weighted by Gasteiger charge is 2.29. The van der Waals surface area contributed by atoms with Gasteiger partial charge in [0.05, 0.1) is 22.9 Å². The summed E-state index contributed by atoms with van der Waals surface area (Å²) < 4.78 is 53.0. The Morgan fingerprint density at radius 2 is 1.71 bits per heavy atom. The minimum atomic E-state index is -3.70. The predicted octanol–water partition coefficient (Wildman–Crippen LogP) is 2.94. The summed E-state index contributed by atoms with van der Waals surface area (Å²) in [5.74, 6) is -0.252. The van der Waals surface area contributed by atoms with E-state index < -0.39 is 26.2 Å². The molecule has 1 atom stereocenters. The van der Waals surface area contributed by atoms with Gasteiger partial charge in [0.1, 0.15) is 5.75 Å². The first kappa shape index (κ1) is 32.6. The molecule has 228 valence electrons. The smallest absolute Gasteiger partial charge is 0.319 e. The van der Waals surface area contributed by atoms with Crippen LogP contribution in [0.2, 0.25) is 0 Å². The number of aliphatic hydroxyl groups excluding tert-OH is 1. The van der Waals surface area contributed by atoms with Crippen molar-refractivity contribution in [1.29, 1.82) is 0 Å². The molecule has 0 bridgehead atoms. The van der Waals surface area contributed by atoms with Gasteiger partial charge < -0.3 is 26.2 Å². The van der Waals surface area contributed by atoms with E-state index in [0.717, 1.165) is 31.9 Å². The van der Waals surface area contributed by atoms with Crippen molar-refractivity contribution in [3.63, 3.8) is 0 Å². The zero-order chi connectivity index (χ0) is 30.0. The van der Waals surface area contributed by atoms with Crippen molar-refractivity contribution >= 4 is 37.5 Å². The minimum absolute atomic E-state index is 0.0195. The van der Waals surface area contributed by atoms with Gasteiger partial charge in [-0.1, -0.05) is 32.3 Å². The normalized spacial score (nSPS) is 15.8. The number of amides is 2. The van der Waals surface area contributed by atoms with Gasteiger partial charge >= 0.3 is 6.03 Å². The molecule has 1 fully saturated rings. The fourth-order valence-corrected chi connectivity index (χ4v) is 6.56. The van der Waals surface area contributed by atoms with Gasteiger partial charge in [-0.3, -0.25) is 4.72 Å². The van der Waals surface area contributed by atoms with E-state index in [2.05, 4.69) is 27.6 Å². The van der Waals surface area contributed by atoms with Crippen molar-refractivity contribution in [3.8, 4) is 5.75 Å². The average Bonchev–Trinajstić information content (AvgIpc) is 2.92. The number of nitrogens with one attached hydrogen (secondary N) is 4. The Morgan fingerprint density at radius 3 is 2.34 bits per heavy atom. The summed E-state index contributed by atoms with van der Waals surface area (Å²) in [6.45, 7) is 3.49. The number of carbonyl (C=O) groups is 1. The Bertz CT molecular complexity index is 1360. The van der Waals surface area contributed by atoms with Crippen LogP contribution in [-0.4, -0.2) is 75.9 Å². The molecule has 6 N–H and O–H groups in total. The van der Waals surface area contributed by atoms with E-state index in [4.69, 9.17) is 0 Å². The van der Waals surface area contributed by atoms with Crippen LogP contribution in [0.25, 0.3) is 0 Å². The van der Waals surface area contributed by atoms with Crippen LogP contribution in [0.1, 0.15) is 57.1 Å². The number of rotatable bonds is 14. The maximum absolute atomic E-state index is 13.2. The fraction of sp³-hybridized carbons (Fsp3) is 0.519. The van der Waals surface area contributed by atoms with Crippen molar-refractivity contribution in [3.05, 3.63) is 48.0 Å². The van der Waals surface area contributed by atoms with Crippen LogP contribution in [0.3, 0.4) is 0 Å². The zero-order valence-corrected chi connectivity index (χ0v) is 25.1. The zero-order valence-electron chi connectivity index (χ0n) is 23.5. The van der Waals surface area contributed by atoms with E-state index in [1.165, 1.54) is 34.6 Å². The maximum atomic E-state index is 13.2. The number of aliphatic hydroxyl groups is 1. The Hall–Kier alpha value is -2.91. The number of nitrogens with zero attached hydrogens (tertiary/aromatic N) is 1. The van der Waals surface area contributed by atoms with E-state index >= 15 is 0 Å². The lowest BCUT2D eigenvalue weighted by atomic mass is 10.0. The number of phenolic OH excluding ortho intramolecular Hbond substituents is 1. The molecule has 0 saturated carbocycles. The Morgan fingerprint density at radius 1 is 1.02 bits per heavy atom. The summed E-state index contributed by atoms with van der Waals surface area (Å²) in [5.41, 5.74) is 0.903. The molecule has 12 nitrogen and oxygen atoms in total. The summed E-state index contributed by atoms with van der Waals surface area (Å²) in [7, 11) is -7.31. The second-order valence-electron chi connectivity index (χ2n) is 10.2. The summed E-state index contributed by atoms with van der Waals surface area (Å²) in [5, 5.41) is 29.2. The van der Waals surface area contributed by atoms with Gasteiger partial charge in [-0.15, -0.1) is 0 Å². The molecule has 1 saturated heterocycles. The molecule has 1 aliphatic heterocycles. The number of urea groups is 1. The quantitative estimate of drug-likeness (QED) is 0.139. The predicted molar refractivity (Wildman–Crippen MR) is 159 cm³/mol. The topological polar surface area (TPSA) is 177 Å². The third-order valence-corrected chi connectivity index (χ3v) is 9.32. The van der Waals surface area contributed by atoms with Gasteiger partial charge in [-0.2, -0.15) is 4.31 Å². The van der Waals surface area contributed by atoms with Crippen LogP contribution in [0.4, 0.5) is 16.2 Å². The molecule has 14 heteroatoms. The second-order valence-corrected chi connectivity index (χ2v) is 13.9. The first-order valence-electron chi connectivity index (χ1n) is 13.8. The number of unbranched alkanes of at least 4 members (excludes halogenated alkanes) is 3. The largest absolute Gasteiger partial charge is 0.506 e. The SMILES string of the molecule is CCCCCCNC(=O)Nc1ccc(S(=O)(=O)N2CCC(NCC(O)c3ccc(O)c(NS(C)(=O)=O)c3)CC2)cc1. The molecule has 1 unspecified atom stereocenters. The van der Waals surface area contributed by atoms with Crippen LogP contribution in [0.15, 0.2) is 47.4 Å². The Balaban J connectivity index is 1.47. The number of sulfonamides is 2. The molecule has 0 aromatic heterocycles. The highest BCUT2D eigenvalue weighted by Crippen LogP contribution is 2.28. The van der Waals surface area contributed by atoms with Crippen LogP contribution in [0, 0.1) is 0 Å². The third kappa shape index (κ3) is 10.1. The van der Waals surface area contributed by atoms with Crippen molar-refractivity contribution in [1.82, 2.24) is 14.9 Å². The number of phenols is 1. The van der Waals surface area contributed by atoms with Crippen molar-refractivity contribution in [2.45, 2.75) is 62.5 Å². The lowest BCUT2D eigenvalue weighted by molar-refractivity contribution is 0.162. The summed E-state index contributed by atoms with van der Waals surface area (Å²) in [4.78, 5) is 12.2. The van der Waals surface area contributed by atoms with Crippen molar-refractivity contribution in [2.24, 2.45) is 0 Å². The van der Waals surface area contributed by atoms with Gasteiger partial charge in [0.25, 0.3) is 0 Å². The molecule has 0 radical (unpaired) electrons. The number of carbonyl (C=O) groups excluding carboxylic acids is 1. The second kappa shape index (κ2) is 14.8. The molecule has 41 heavy (non-hydrogen) atoms. The summed E-state index contributed by atoms with van der Waals surface area (Å²) in [6.07, 6.45) is 5.32. The summed E-state index contributed by atoms with van der Waals surface area (Å²) in [6, 6.07) is 9.95. The van der Waals surface area contributed by atoms with E-state index in [-0.39, 0.29) is 35.0 Å². The van der Waals surface area contributed by atoms with Crippen LogP contribution in [-0.2, 0) is 20.0 Å². The molecule has 0 aliphatic carbocycles. The van der Waals surface area contributed by atoms with Gasteiger partial charge in [-0.25, -0.2) is 21.6 Å². The molecule has 3 rings (SSSR count). The minimum Gasteiger partial charge on any atom is -0.506 e. The summed E-state index contributed by atoms with van der Waals surface area (Å²) >= 11 is 0. The number of hydrogen-bond donors (Lipinski definition) is 6. The number of hydrogen-bond acceptors (Lipinski definition) is 8. The lowest BCUT2D eigenvalue weighted by Gasteiger charge is -2.32. The third-order valence-electron chi connectivity index (χ3n) is 6.82. The Kier molecular flexibility index (Phi) is 11.8. The van der Waals surface area contributed by atoms with Gasteiger partial charge in [0.2, 0.25) is 20.0 Å². The molecular weight excluding hydrogens is 570 g/mol. The van der Waals surface area contributed by atoms with Gasteiger partial charge in [-0.05, 0) is 61.2 Å². The van der Waals surface area contributed by atoms with Crippen molar-refractivity contribution < 1.29 is 31.8 Å².